The van der Waals surface area contributed by atoms with E-state index in [1.54, 1.807) is 23.6 Å². The summed E-state index contributed by atoms with van der Waals surface area (Å²) in [7, 11) is 0. The maximum atomic E-state index is 14.1. The summed E-state index contributed by atoms with van der Waals surface area (Å²) in [6, 6.07) is 14.8. The van der Waals surface area contributed by atoms with E-state index in [-0.39, 0.29) is 29.9 Å². The van der Waals surface area contributed by atoms with Gasteiger partial charge in [-0.3, -0.25) is 19.2 Å². The molecule has 2 aliphatic heterocycles. The Balaban J connectivity index is 1.66. The monoisotopic (exact) mass is 532 g/mol. The van der Waals surface area contributed by atoms with Gasteiger partial charge in [-0.2, -0.15) is 0 Å². The first-order valence-electron chi connectivity index (χ1n) is 13.9. The Morgan fingerprint density at radius 1 is 1.08 bits per heavy atom. The van der Waals surface area contributed by atoms with Crippen molar-refractivity contribution in [2.75, 3.05) is 16.3 Å². The molecule has 0 spiro atoms. The van der Waals surface area contributed by atoms with E-state index in [9.17, 15) is 19.2 Å². The molecule has 1 saturated heterocycles. The van der Waals surface area contributed by atoms with Crippen LogP contribution in [0.25, 0.3) is 0 Å². The van der Waals surface area contributed by atoms with Crippen molar-refractivity contribution in [1.82, 2.24) is 5.32 Å². The second-order valence-electron chi connectivity index (χ2n) is 11.8. The van der Waals surface area contributed by atoms with Crippen LogP contribution in [0.15, 0.2) is 48.5 Å². The molecule has 39 heavy (non-hydrogen) atoms. The number of carbonyl (C=O) groups is 4. The number of nitrogens with zero attached hydrogens (tertiary/aromatic N) is 2. The van der Waals surface area contributed by atoms with Crippen molar-refractivity contribution < 1.29 is 19.2 Å². The van der Waals surface area contributed by atoms with Gasteiger partial charge in [-0.05, 0) is 56.2 Å². The topological polar surface area (TPSA) is 113 Å². The predicted molar refractivity (Wildman–Crippen MR) is 152 cm³/mol. The third kappa shape index (κ3) is 6.56. The molecule has 2 aliphatic rings. The summed E-state index contributed by atoms with van der Waals surface area (Å²) < 4.78 is 0. The maximum Gasteiger partial charge on any atom is 0.240 e. The Morgan fingerprint density at radius 3 is 2.41 bits per heavy atom. The smallest absolute Gasteiger partial charge is 0.240 e. The lowest BCUT2D eigenvalue weighted by Gasteiger charge is -2.37. The van der Waals surface area contributed by atoms with E-state index >= 15 is 0 Å². The molecule has 2 aromatic carbocycles. The summed E-state index contributed by atoms with van der Waals surface area (Å²) in [6.07, 6.45) is 2.16. The third-order valence-electron chi connectivity index (χ3n) is 7.43. The number of rotatable bonds is 10. The molecule has 8 nitrogen and oxygen atoms in total. The fourth-order valence-corrected chi connectivity index (χ4v) is 5.41. The molecule has 0 aliphatic carbocycles. The zero-order valence-electron chi connectivity index (χ0n) is 23.4. The van der Waals surface area contributed by atoms with Crippen LogP contribution in [0.2, 0.25) is 0 Å². The summed E-state index contributed by atoms with van der Waals surface area (Å²) in [5.74, 6) is -1.06. The normalized spacial score (nSPS) is 18.4. The molecule has 2 aromatic rings. The summed E-state index contributed by atoms with van der Waals surface area (Å²) in [5, 5.41) is 2.83. The van der Waals surface area contributed by atoms with Gasteiger partial charge in [0.1, 0.15) is 0 Å². The van der Waals surface area contributed by atoms with Gasteiger partial charge in [0.25, 0.3) is 0 Å². The predicted octanol–water partition coefficient (Wildman–Crippen LogP) is 3.75. The molecule has 4 rings (SSSR count). The third-order valence-corrected chi connectivity index (χ3v) is 7.43. The number of Topliss-reactive ketones (excluding diaryl/α,β-unsaturated/α-hetero) is 1. The van der Waals surface area contributed by atoms with Gasteiger partial charge in [0.05, 0.1) is 29.5 Å². The largest absolute Gasteiger partial charge is 0.345 e. The van der Waals surface area contributed by atoms with Crippen molar-refractivity contribution in [1.29, 1.82) is 0 Å². The minimum absolute atomic E-state index is 0.0130. The number of ketones is 1. The second-order valence-corrected chi connectivity index (χ2v) is 11.8. The van der Waals surface area contributed by atoms with Crippen LogP contribution in [0.3, 0.4) is 0 Å². The van der Waals surface area contributed by atoms with E-state index in [4.69, 9.17) is 5.73 Å². The number of hydrogen-bond acceptors (Lipinski definition) is 5. The average Bonchev–Trinajstić information content (AvgIpc) is 3.31. The van der Waals surface area contributed by atoms with Gasteiger partial charge in [-0.1, -0.05) is 56.3 Å². The van der Waals surface area contributed by atoms with E-state index in [1.165, 1.54) is 0 Å². The minimum Gasteiger partial charge on any atom is -0.345 e. The van der Waals surface area contributed by atoms with Crippen LogP contribution in [0.1, 0.15) is 64.5 Å². The van der Waals surface area contributed by atoms with E-state index in [0.29, 0.717) is 32.4 Å². The van der Waals surface area contributed by atoms with Gasteiger partial charge in [-0.15, -0.1) is 0 Å². The van der Waals surface area contributed by atoms with Crippen molar-refractivity contribution in [3.63, 3.8) is 0 Å². The highest BCUT2D eigenvalue weighted by Gasteiger charge is 2.39. The number of carbonyl (C=O) groups excluding carboxylic acids is 4. The molecule has 1 unspecified atom stereocenters. The van der Waals surface area contributed by atoms with Crippen molar-refractivity contribution in [3.8, 4) is 0 Å². The van der Waals surface area contributed by atoms with Crippen molar-refractivity contribution in [3.05, 3.63) is 59.7 Å². The zero-order valence-corrected chi connectivity index (χ0v) is 23.4. The first kappa shape index (κ1) is 28.5. The number of fused-ring (bicyclic) bond motifs is 1. The number of anilines is 2. The molecule has 0 radical (unpaired) electrons. The Labute approximate surface area is 230 Å². The first-order valence-corrected chi connectivity index (χ1v) is 13.9. The fourth-order valence-electron chi connectivity index (χ4n) is 5.41. The van der Waals surface area contributed by atoms with Gasteiger partial charge in [0.2, 0.25) is 17.7 Å². The lowest BCUT2D eigenvalue weighted by Crippen LogP contribution is -2.54. The molecule has 0 bridgehead atoms. The van der Waals surface area contributed by atoms with E-state index in [0.717, 1.165) is 28.9 Å². The van der Waals surface area contributed by atoms with E-state index < -0.39 is 23.4 Å². The van der Waals surface area contributed by atoms with Crippen molar-refractivity contribution >= 4 is 34.9 Å². The van der Waals surface area contributed by atoms with Crippen molar-refractivity contribution in [2.24, 2.45) is 17.6 Å². The maximum absolute atomic E-state index is 14.1. The summed E-state index contributed by atoms with van der Waals surface area (Å²) >= 11 is 0. The molecule has 8 heteroatoms. The minimum atomic E-state index is -1.12. The molecule has 1 fully saturated rings. The van der Waals surface area contributed by atoms with Gasteiger partial charge >= 0.3 is 0 Å². The van der Waals surface area contributed by atoms with Gasteiger partial charge in [0.15, 0.2) is 5.78 Å². The Kier molecular flexibility index (Phi) is 8.54. The van der Waals surface area contributed by atoms with Gasteiger partial charge < -0.3 is 20.9 Å². The number of amides is 3. The molecule has 2 atom stereocenters. The quantitative estimate of drug-likeness (QED) is 0.484. The van der Waals surface area contributed by atoms with Crippen LogP contribution in [0, 0.1) is 11.8 Å². The van der Waals surface area contributed by atoms with Crippen LogP contribution < -0.4 is 20.9 Å². The Bertz CT molecular complexity index is 1230. The number of nitrogens with two attached hydrogens (primary N) is 1. The first-order chi connectivity index (χ1) is 18.5. The van der Waals surface area contributed by atoms with Crippen molar-refractivity contribution in [2.45, 2.75) is 77.9 Å². The standard InChI is InChI=1S/C31H40N4O4/c1-20(2)16-24(33-30(39)31(3,4)32)26(36)18-23-17-22-12-8-13-25(34-15-9-14-27(34)37)28(22)35(29(23)38)19-21-10-6-5-7-11-21/h5-8,10-13,20,23-24H,9,14-19,32H2,1-4H3,(H,33,39)/t23?,24-/m1/s1. The van der Waals surface area contributed by atoms with Crippen LogP contribution in [0.5, 0.6) is 0 Å². The molecule has 0 aromatic heterocycles. The highest BCUT2D eigenvalue weighted by atomic mass is 16.2. The summed E-state index contributed by atoms with van der Waals surface area (Å²) in [5.41, 5.74) is 8.25. The Morgan fingerprint density at radius 2 is 1.79 bits per heavy atom. The second kappa shape index (κ2) is 11.7. The van der Waals surface area contributed by atoms with Gasteiger partial charge in [-0.25, -0.2) is 0 Å². The van der Waals surface area contributed by atoms with Crippen LogP contribution in [0.4, 0.5) is 11.4 Å². The highest BCUT2D eigenvalue weighted by Crippen LogP contribution is 2.42. The molecular weight excluding hydrogens is 492 g/mol. The van der Waals surface area contributed by atoms with Gasteiger partial charge in [0, 0.05) is 25.3 Å². The lowest BCUT2D eigenvalue weighted by molar-refractivity contribution is -0.132. The molecule has 3 amide bonds. The van der Waals surface area contributed by atoms with E-state index in [1.807, 2.05) is 62.4 Å². The molecule has 208 valence electrons. The lowest BCUT2D eigenvalue weighted by atomic mass is 9.84. The van der Waals surface area contributed by atoms with Crippen LogP contribution in [-0.2, 0) is 32.1 Å². The van der Waals surface area contributed by atoms with Crippen LogP contribution >= 0.6 is 0 Å². The number of para-hydroxylation sites is 1. The SMILES string of the molecule is CC(C)C[C@@H](NC(=O)C(C)(C)N)C(=O)CC1Cc2cccc(N3CCCC3=O)c2N(Cc2ccccc2)C1=O. The number of benzene rings is 2. The average molecular weight is 533 g/mol. The van der Waals surface area contributed by atoms with Crippen LogP contribution in [-0.4, -0.2) is 41.6 Å². The summed E-state index contributed by atoms with van der Waals surface area (Å²) in [6.45, 7) is 8.15. The molecule has 3 N–H and O–H groups in total. The number of hydrogen-bond donors (Lipinski definition) is 2. The molecular formula is C31H40N4O4. The fraction of sp³-hybridized carbons (Fsp3) is 0.484. The Hall–Kier alpha value is -3.52. The summed E-state index contributed by atoms with van der Waals surface area (Å²) in [4.78, 5) is 56.5. The molecule has 2 heterocycles. The zero-order chi connectivity index (χ0) is 28.3. The number of nitrogens with one attached hydrogen (secondary N) is 1. The van der Waals surface area contributed by atoms with E-state index in [2.05, 4.69) is 5.32 Å². The highest BCUT2D eigenvalue weighted by molar-refractivity contribution is 6.07. The molecule has 0 saturated carbocycles.